The molecule has 0 aliphatic carbocycles. The normalized spacial score (nSPS) is 15.5. The van der Waals surface area contributed by atoms with Crippen LogP contribution in [0.5, 0.6) is 0 Å². The van der Waals surface area contributed by atoms with Crippen LogP contribution in [0.15, 0.2) is 54.7 Å². The van der Waals surface area contributed by atoms with Gasteiger partial charge in [-0.05, 0) is 36.4 Å². The number of hydrogen-bond donors (Lipinski definition) is 2. The zero-order chi connectivity index (χ0) is 26.1. The number of nitrogens with one attached hydrogen (secondary N) is 2. The molecule has 0 bridgehead atoms. The van der Waals surface area contributed by atoms with E-state index in [0.717, 1.165) is 23.9 Å². The molecule has 1 atom stereocenters. The van der Waals surface area contributed by atoms with Crippen molar-refractivity contribution in [3.05, 3.63) is 101 Å². The van der Waals surface area contributed by atoms with Crippen LogP contribution in [0.3, 0.4) is 0 Å². The Morgan fingerprint density at radius 3 is 2.57 bits per heavy atom. The molecule has 4 aromatic rings. The number of halogens is 4. The van der Waals surface area contributed by atoms with Crippen LogP contribution < -0.4 is 10.6 Å². The van der Waals surface area contributed by atoms with Crippen LogP contribution in [-0.4, -0.2) is 41.4 Å². The Morgan fingerprint density at radius 1 is 0.973 bits per heavy atom. The summed E-state index contributed by atoms with van der Waals surface area (Å²) in [6, 6.07) is 8.89. The van der Waals surface area contributed by atoms with Crippen molar-refractivity contribution in [2.24, 2.45) is 0 Å². The van der Waals surface area contributed by atoms with Gasteiger partial charge in [-0.15, -0.1) is 0 Å². The number of nitrogens with zero attached hydrogens (tertiary/aromatic N) is 2. The van der Waals surface area contributed by atoms with Crippen molar-refractivity contribution >= 4 is 28.3 Å². The number of aromatic nitrogens is 2. The predicted molar refractivity (Wildman–Crippen MR) is 125 cm³/mol. The third-order valence-electron chi connectivity index (χ3n) is 5.82. The monoisotopic (exact) mass is 510 g/mol. The zero-order valence-electron chi connectivity index (χ0n) is 19.0. The number of hydrogen-bond acceptors (Lipinski definition) is 6. The van der Waals surface area contributed by atoms with Crippen molar-refractivity contribution in [3.8, 4) is 0 Å². The number of ketones is 1. The first-order chi connectivity index (χ1) is 17.8. The van der Waals surface area contributed by atoms with E-state index < -0.39 is 40.5 Å². The maximum absolute atomic E-state index is 14.6. The average Bonchev–Trinajstić information content (AvgIpc) is 2.91. The molecule has 0 radical (unpaired) electrons. The van der Waals surface area contributed by atoms with Gasteiger partial charge in [-0.3, -0.25) is 14.6 Å². The molecule has 5 rings (SSSR count). The first-order valence-electron chi connectivity index (χ1n) is 11.2. The van der Waals surface area contributed by atoms with Gasteiger partial charge in [0.1, 0.15) is 5.69 Å². The van der Waals surface area contributed by atoms with E-state index in [-0.39, 0.29) is 23.0 Å². The molecule has 37 heavy (non-hydrogen) atoms. The fourth-order valence-electron chi connectivity index (χ4n) is 3.92. The van der Waals surface area contributed by atoms with Gasteiger partial charge in [0, 0.05) is 29.2 Å². The minimum absolute atomic E-state index is 0.0825. The first kappa shape index (κ1) is 24.5. The van der Waals surface area contributed by atoms with Crippen molar-refractivity contribution in [3.63, 3.8) is 0 Å². The Kier molecular flexibility index (Phi) is 6.64. The molecular weight excluding hydrogens is 492 g/mol. The smallest absolute Gasteiger partial charge is 0.255 e. The van der Waals surface area contributed by atoms with Crippen LogP contribution in [0.2, 0.25) is 0 Å². The van der Waals surface area contributed by atoms with E-state index in [1.807, 2.05) is 0 Å². The van der Waals surface area contributed by atoms with Crippen molar-refractivity contribution in [2.45, 2.75) is 6.04 Å². The first-order valence-corrected chi connectivity index (χ1v) is 11.2. The minimum atomic E-state index is -1.42. The highest BCUT2D eigenvalue weighted by Gasteiger charge is 2.22. The SMILES string of the molecule is O=C(Nc1cc(F)c(F)c(C(=O)c2cc3ccc(C4COCCN4)nc3cn2)c1)c1ccc(F)c(F)c1. The number of morpholine rings is 1. The summed E-state index contributed by atoms with van der Waals surface area (Å²) in [7, 11) is 0. The molecule has 11 heteroatoms. The van der Waals surface area contributed by atoms with E-state index in [0.29, 0.717) is 42.8 Å². The highest BCUT2D eigenvalue weighted by molar-refractivity contribution is 6.10. The fourth-order valence-corrected chi connectivity index (χ4v) is 3.92. The minimum Gasteiger partial charge on any atom is -0.378 e. The lowest BCUT2D eigenvalue weighted by atomic mass is 10.0. The number of rotatable bonds is 5. The zero-order valence-corrected chi connectivity index (χ0v) is 19.0. The second-order valence-corrected chi connectivity index (χ2v) is 8.31. The number of fused-ring (bicyclic) bond motifs is 1. The summed E-state index contributed by atoms with van der Waals surface area (Å²) in [5, 5.41) is 6.10. The summed E-state index contributed by atoms with van der Waals surface area (Å²) in [6.07, 6.45) is 1.36. The number of carbonyl (C=O) groups is 2. The molecule has 1 fully saturated rings. The quantitative estimate of drug-likeness (QED) is 0.307. The van der Waals surface area contributed by atoms with E-state index in [4.69, 9.17) is 4.74 Å². The highest BCUT2D eigenvalue weighted by Crippen LogP contribution is 2.24. The molecule has 1 saturated heterocycles. The lowest BCUT2D eigenvalue weighted by molar-refractivity contribution is 0.0757. The Balaban J connectivity index is 1.41. The van der Waals surface area contributed by atoms with Gasteiger partial charge in [0.25, 0.3) is 5.91 Å². The molecule has 2 aromatic heterocycles. The molecule has 1 aliphatic rings. The van der Waals surface area contributed by atoms with E-state index in [2.05, 4.69) is 20.6 Å². The van der Waals surface area contributed by atoms with E-state index in [1.165, 1.54) is 12.3 Å². The largest absolute Gasteiger partial charge is 0.378 e. The van der Waals surface area contributed by atoms with E-state index >= 15 is 0 Å². The van der Waals surface area contributed by atoms with Gasteiger partial charge in [0.15, 0.2) is 23.3 Å². The van der Waals surface area contributed by atoms with Gasteiger partial charge >= 0.3 is 0 Å². The molecule has 1 amide bonds. The second-order valence-electron chi connectivity index (χ2n) is 8.31. The summed E-state index contributed by atoms with van der Waals surface area (Å²) >= 11 is 0. The maximum atomic E-state index is 14.6. The van der Waals surface area contributed by atoms with E-state index in [1.54, 1.807) is 12.1 Å². The molecule has 7 nitrogen and oxygen atoms in total. The third-order valence-corrected chi connectivity index (χ3v) is 5.82. The predicted octanol–water partition coefficient (Wildman–Crippen LogP) is 4.33. The maximum Gasteiger partial charge on any atom is 0.255 e. The highest BCUT2D eigenvalue weighted by atomic mass is 19.2. The molecule has 1 aliphatic heterocycles. The van der Waals surface area contributed by atoms with Gasteiger partial charge in [0.05, 0.1) is 42.2 Å². The molecule has 3 heterocycles. The standard InChI is InChI=1S/C26H18F4N4O3/c27-17-3-1-14(7-18(17)28)26(36)33-15-9-16(24(30)19(29)10-15)25(35)21-8-13-2-4-20(34-22(13)11-32-21)23-12-37-6-5-31-23/h1-4,7-11,23,31H,5-6,12H2,(H,33,36). The van der Waals surface area contributed by atoms with Crippen LogP contribution in [0.4, 0.5) is 23.2 Å². The fraction of sp³-hybridized carbons (Fsp3) is 0.154. The van der Waals surface area contributed by atoms with Gasteiger partial charge in [-0.2, -0.15) is 0 Å². The van der Waals surface area contributed by atoms with Gasteiger partial charge in [0.2, 0.25) is 5.78 Å². The van der Waals surface area contributed by atoms with Crippen LogP contribution in [0, 0.1) is 23.3 Å². The van der Waals surface area contributed by atoms with Gasteiger partial charge < -0.3 is 15.4 Å². The van der Waals surface area contributed by atoms with Gasteiger partial charge in [-0.1, -0.05) is 6.07 Å². The molecule has 2 aromatic carbocycles. The lowest BCUT2D eigenvalue weighted by Crippen LogP contribution is -2.35. The molecular formula is C26H18F4N4O3. The average molecular weight is 510 g/mol. The molecule has 0 spiro atoms. The summed E-state index contributed by atoms with van der Waals surface area (Å²) in [5.41, 5.74) is -0.101. The number of ether oxygens (including phenoxy) is 1. The number of benzene rings is 2. The lowest BCUT2D eigenvalue weighted by Gasteiger charge is -2.23. The summed E-state index contributed by atoms with van der Waals surface area (Å²) in [6.45, 7) is 1.78. The summed E-state index contributed by atoms with van der Waals surface area (Å²) in [4.78, 5) is 34.0. The Bertz CT molecular complexity index is 1540. The van der Waals surface area contributed by atoms with E-state index in [9.17, 15) is 27.2 Å². The van der Waals surface area contributed by atoms with Crippen LogP contribution in [-0.2, 0) is 4.74 Å². The summed E-state index contributed by atoms with van der Waals surface area (Å²) < 4.78 is 61.0. The number of amides is 1. The number of anilines is 1. The third kappa shape index (κ3) is 5.04. The molecule has 0 saturated carbocycles. The van der Waals surface area contributed by atoms with Crippen molar-refractivity contribution < 1.29 is 31.9 Å². The van der Waals surface area contributed by atoms with Crippen LogP contribution >= 0.6 is 0 Å². The van der Waals surface area contributed by atoms with Crippen molar-refractivity contribution in [1.82, 2.24) is 15.3 Å². The van der Waals surface area contributed by atoms with Crippen molar-refractivity contribution in [2.75, 3.05) is 25.1 Å². The summed E-state index contributed by atoms with van der Waals surface area (Å²) in [5.74, 6) is -7.04. The second kappa shape index (κ2) is 10.0. The Labute approximate surface area is 207 Å². The molecule has 1 unspecified atom stereocenters. The molecule has 188 valence electrons. The topological polar surface area (TPSA) is 93.2 Å². The Morgan fingerprint density at radius 2 is 1.81 bits per heavy atom. The van der Waals surface area contributed by atoms with Crippen LogP contribution in [0.25, 0.3) is 10.9 Å². The number of pyridine rings is 2. The molecule has 2 N–H and O–H groups in total. The van der Waals surface area contributed by atoms with Crippen molar-refractivity contribution in [1.29, 1.82) is 0 Å². The van der Waals surface area contributed by atoms with Gasteiger partial charge in [-0.25, -0.2) is 22.5 Å². The number of carbonyl (C=O) groups excluding carboxylic acids is 2. The Hall–Kier alpha value is -4.22. The van der Waals surface area contributed by atoms with Crippen LogP contribution in [0.1, 0.15) is 38.1 Å².